The highest BCUT2D eigenvalue weighted by atomic mass is 35.5. The van der Waals surface area contributed by atoms with Gasteiger partial charge in [0.2, 0.25) is 11.9 Å². The lowest BCUT2D eigenvalue weighted by Gasteiger charge is -2.36. The standard InChI is InChI=1S/C21H21ClN5O3/c1-24-18-17(19(28)27(21(24)29)12-14-6-2-3-8-16(14)22)26-10-5-9-25(20(26)23-18)13-15-7-4-11-30-15/h2-4,6-8,11,17H,5,9-10,12-13H2,1H3/q+1. The van der Waals surface area contributed by atoms with E-state index in [9.17, 15) is 9.59 Å². The number of hydrogen-bond acceptors (Lipinski definition) is 5. The number of benzene rings is 1. The first-order valence-electron chi connectivity index (χ1n) is 9.86. The van der Waals surface area contributed by atoms with Crippen LogP contribution in [-0.4, -0.2) is 69.2 Å². The Balaban J connectivity index is 1.48. The van der Waals surface area contributed by atoms with E-state index in [1.165, 1.54) is 9.80 Å². The zero-order valence-electron chi connectivity index (χ0n) is 16.5. The molecule has 0 saturated carbocycles. The van der Waals surface area contributed by atoms with Crippen molar-refractivity contribution >= 4 is 35.3 Å². The summed E-state index contributed by atoms with van der Waals surface area (Å²) in [5.74, 6) is 1.74. The second kappa shape index (κ2) is 7.28. The summed E-state index contributed by atoms with van der Waals surface area (Å²) >= 11 is 6.27. The van der Waals surface area contributed by atoms with E-state index in [1.54, 1.807) is 19.4 Å². The number of amidine groups is 1. The van der Waals surface area contributed by atoms with Crippen LogP contribution in [-0.2, 0) is 17.9 Å². The lowest BCUT2D eigenvalue weighted by atomic mass is 10.1. The smallest absolute Gasteiger partial charge is 0.392 e. The Hall–Kier alpha value is -3.13. The second-order valence-corrected chi connectivity index (χ2v) is 7.98. The minimum absolute atomic E-state index is 0.130. The number of likely N-dealkylation sites (N-methyl/N-ethyl adjacent to an activating group) is 1. The number of carbonyl (C=O) groups is 2. The van der Waals surface area contributed by atoms with E-state index >= 15 is 0 Å². The van der Waals surface area contributed by atoms with E-state index in [0.29, 0.717) is 29.9 Å². The Kier molecular flexibility index (Phi) is 4.58. The number of furan rings is 1. The van der Waals surface area contributed by atoms with Crippen molar-refractivity contribution in [2.45, 2.75) is 25.6 Å². The molecular formula is C21H21ClN5O3+. The minimum atomic E-state index is -0.607. The number of urea groups is 1. The van der Waals surface area contributed by atoms with Crippen molar-refractivity contribution in [3.8, 4) is 0 Å². The Morgan fingerprint density at radius 2 is 2.07 bits per heavy atom. The van der Waals surface area contributed by atoms with Gasteiger partial charge in [0.1, 0.15) is 12.3 Å². The van der Waals surface area contributed by atoms with Crippen LogP contribution < -0.4 is 0 Å². The van der Waals surface area contributed by atoms with Gasteiger partial charge in [-0.05, 0) is 23.8 Å². The highest BCUT2D eigenvalue weighted by molar-refractivity contribution is 6.31. The van der Waals surface area contributed by atoms with Gasteiger partial charge in [-0.25, -0.2) is 9.69 Å². The third kappa shape index (κ3) is 2.99. The fraction of sp³-hybridized carbons (Fsp3) is 0.333. The first kappa shape index (κ1) is 18.9. The summed E-state index contributed by atoms with van der Waals surface area (Å²) in [6, 6.07) is 10.0. The monoisotopic (exact) mass is 426 g/mol. The molecule has 2 aromatic rings. The van der Waals surface area contributed by atoms with Gasteiger partial charge in [0.25, 0.3) is 5.91 Å². The molecule has 9 heteroatoms. The van der Waals surface area contributed by atoms with Crippen LogP contribution in [0.25, 0.3) is 0 Å². The number of imide groups is 1. The van der Waals surface area contributed by atoms with E-state index in [1.807, 2.05) is 35.2 Å². The van der Waals surface area contributed by atoms with Gasteiger partial charge in [-0.3, -0.25) is 19.2 Å². The number of hydrogen-bond donors (Lipinski definition) is 0. The second-order valence-electron chi connectivity index (χ2n) is 7.58. The first-order valence-corrected chi connectivity index (χ1v) is 10.2. The largest absolute Gasteiger partial charge is 0.466 e. The number of rotatable bonds is 4. The average molecular weight is 427 g/mol. The normalized spacial score (nSPS) is 21.2. The van der Waals surface area contributed by atoms with Gasteiger partial charge in [0.05, 0.1) is 25.9 Å². The predicted molar refractivity (Wildman–Crippen MR) is 110 cm³/mol. The zero-order valence-corrected chi connectivity index (χ0v) is 17.2. The number of carbonyl (C=O) groups excluding carboxylic acids is 2. The molecule has 154 valence electrons. The maximum atomic E-state index is 13.4. The molecule has 0 spiro atoms. The number of nitrogens with zero attached hydrogens (tertiary/aromatic N) is 5. The van der Waals surface area contributed by atoms with Crippen LogP contribution in [0.15, 0.2) is 52.1 Å². The van der Waals surface area contributed by atoms with Gasteiger partial charge in [0.15, 0.2) is 0 Å². The van der Waals surface area contributed by atoms with Crippen molar-refractivity contribution in [2.75, 3.05) is 20.1 Å². The summed E-state index contributed by atoms with van der Waals surface area (Å²) in [5, 5.41) is 0.529. The van der Waals surface area contributed by atoms with Crippen molar-refractivity contribution < 1.29 is 18.6 Å². The van der Waals surface area contributed by atoms with Gasteiger partial charge < -0.3 is 4.42 Å². The lowest BCUT2D eigenvalue weighted by molar-refractivity contribution is -0.556. The number of aliphatic imine (C=N–C) groups is 1. The van der Waals surface area contributed by atoms with E-state index in [0.717, 1.165) is 24.3 Å². The molecule has 0 radical (unpaired) electrons. The Morgan fingerprint density at radius 3 is 2.83 bits per heavy atom. The van der Waals surface area contributed by atoms with Gasteiger partial charge >= 0.3 is 12.0 Å². The molecule has 1 saturated heterocycles. The van der Waals surface area contributed by atoms with Crippen LogP contribution >= 0.6 is 11.6 Å². The molecule has 3 aliphatic heterocycles. The summed E-state index contributed by atoms with van der Waals surface area (Å²) in [6.07, 6.45) is 2.53. The SMILES string of the molecule is CN1C(=O)N(Cc2ccccc2Cl)C(=O)C2C1=NC1=[N+](Cc3ccco3)CCCN12. The van der Waals surface area contributed by atoms with E-state index in [-0.39, 0.29) is 12.5 Å². The van der Waals surface area contributed by atoms with Crippen molar-refractivity contribution in [2.24, 2.45) is 4.99 Å². The molecule has 3 aliphatic rings. The predicted octanol–water partition coefficient (Wildman–Crippen LogP) is 2.38. The fourth-order valence-electron chi connectivity index (χ4n) is 4.20. The summed E-state index contributed by atoms with van der Waals surface area (Å²) < 4.78 is 7.58. The van der Waals surface area contributed by atoms with Gasteiger partial charge in [-0.2, -0.15) is 0 Å². The summed E-state index contributed by atoms with van der Waals surface area (Å²) in [4.78, 5) is 35.8. The molecule has 1 fully saturated rings. The van der Waals surface area contributed by atoms with Crippen molar-refractivity contribution in [1.82, 2.24) is 14.7 Å². The molecule has 4 heterocycles. The third-order valence-corrected chi connectivity index (χ3v) is 6.08. The number of guanidine groups is 1. The van der Waals surface area contributed by atoms with E-state index < -0.39 is 12.1 Å². The van der Waals surface area contributed by atoms with Crippen LogP contribution in [0, 0.1) is 0 Å². The van der Waals surface area contributed by atoms with Crippen molar-refractivity contribution in [3.05, 3.63) is 59.0 Å². The van der Waals surface area contributed by atoms with Crippen LogP contribution in [0.5, 0.6) is 0 Å². The maximum Gasteiger partial charge on any atom is 0.392 e. The van der Waals surface area contributed by atoms with Gasteiger partial charge in [0, 0.05) is 18.5 Å². The highest BCUT2D eigenvalue weighted by Crippen LogP contribution is 2.28. The van der Waals surface area contributed by atoms with Crippen molar-refractivity contribution in [3.63, 3.8) is 0 Å². The summed E-state index contributed by atoms with van der Waals surface area (Å²) in [5.41, 5.74) is 0.731. The van der Waals surface area contributed by atoms with Crippen LogP contribution in [0.4, 0.5) is 4.79 Å². The molecule has 30 heavy (non-hydrogen) atoms. The van der Waals surface area contributed by atoms with Crippen LogP contribution in [0.3, 0.4) is 0 Å². The molecular weight excluding hydrogens is 406 g/mol. The number of amides is 3. The molecule has 5 rings (SSSR count). The Bertz CT molecular complexity index is 1080. The topological polar surface area (TPSA) is 72.4 Å². The molecule has 1 unspecified atom stereocenters. The van der Waals surface area contributed by atoms with Gasteiger partial charge in [-0.15, -0.1) is 0 Å². The molecule has 0 N–H and O–H groups in total. The minimum Gasteiger partial charge on any atom is -0.466 e. The molecule has 1 aromatic heterocycles. The molecule has 1 aromatic carbocycles. The maximum absolute atomic E-state index is 13.4. The van der Waals surface area contributed by atoms with Crippen LogP contribution in [0.1, 0.15) is 17.7 Å². The van der Waals surface area contributed by atoms with E-state index in [2.05, 4.69) is 4.58 Å². The molecule has 0 aliphatic carbocycles. The Labute approximate surface area is 178 Å². The molecule has 8 nitrogen and oxygen atoms in total. The average Bonchev–Trinajstić information content (AvgIpc) is 3.39. The fourth-order valence-corrected chi connectivity index (χ4v) is 4.40. The van der Waals surface area contributed by atoms with Gasteiger partial charge in [-0.1, -0.05) is 34.8 Å². The summed E-state index contributed by atoms with van der Waals surface area (Å²) in [6.45, 7) is 2.21. The third-order valence-electron chi connectivity index (χ3n) is 5.71. The summed E-state index contributed by atoms with van der Waals surface area (Å²) in [7, 11) is 1.66. The molecule has 3 amide bonds. The molecule has 1 atom stereocenters. The zero-order chi connectivity index (χ0) is 20.8. The quantitative estimate of drug-likeness (QED) is 0.704. The number of fused-ring (bicyclic) bond motifs is 3. The molecule has 0 bridgehead atoms. The highest BCUT2D eigenvalue weighted by Gasteiger charge is 2.56. The first-order chi connectivity index (χ1) is 14.5. The Morgan fingerprint density at radius 1 is 1.23 bits per heavy atom. The van der Waals surface area contributed by atoms with E-state index in [4.69, 9.17) is 21.0 Å². The lowest BCUT2D eigenvalue weighted by Crippen LogP contribution is -2.64. The van der Waals surface area contributed by atoms with Crippen molar-refractivity contribution in [1.29, 1.82) is 0 Å². The number of halogens is 1. The van der Waals surface area contributed by atoms with Crippen LogP contribution in [0.2, 0.25) is 5.02 Å².